The highest BCUT2D eigenvalue weighted by Crippen LogP contribution is 2.47. The normalized spacial score (nSPS) is 23.5. The van der Waals surface area contributed by atoms with Gasteiger partial charge in [0.25, 0.3) is 5.91 Å². The molecule has 0 aromatic heterocycles. The van der Waals surface area contributed by atoms with Crippen molar-refractivity contribution >= 4 is 17.8 Å². The predicted octanol–water partition coefficient (Wildman–Crippen LogP) is 3.61. The second-order valence-electron chi connectivity index (χ2n) is 7.55. The number of amides is 2. The fraction of sp³-hybridized carbons (Fsp3) is 0.750. The predicted molar refractivity (Wildman–Crippen MR) is 99.5 cm³/mol. The standard InChI is InChI=1S/C20H29F3N2O4/c1-4-6-12-15(26)24-19(20(21,22)23)16(17(27)29-5-2)13(3)25(18(19)28)14-10-8-7-9-11-14/h14H,4-12H2,1-3H3,(H,24,26). The molecule has 0 aromatic carbocycles. The molecule has 0 spiro atoms. The molecule has 9 heteroatoms. The molecule has 1 N–H and O–H groups in total. The summed E-state index contributed by atoms with van der Waals surface area (Å²) >= 11 is 0. The van der Waals surface area contributed by atoms with E-state index in [1.165, 1.54) is 13.8 Å². The van der Waals surface area contributed by atoms with Crippen LogP contribution in [0.25, 0.3) is 0 Å². The van der Waals surface area contributed by atoms with Crippen LogP contribution in [0.4, 0.5) is 13.2 Å². The fourth-order valence-corrected chi connectivity index (χ4v) is 4.17. The number of unbranched alkanes of at least 4 members (excludes halogenated alkanes) is 1. The second-order valence-corrected chi connectivity index (χ2v) is 7.55. The van der Waals surface area contributed by atoms with Crippen molar-refractivity contribution in [3.8, 4) is 0 Å². The van der Waals surface area contributed by atoms with Crippen LogP contribution in [-0.2, 0) is 19.1 Å². The largest absolute Gasteiger partial charge is 0.462 e. The summed E-state index contributed by atoms with van der Waals surface area (Å²) in [7, 11) is 0. The maximum atomic E-state index is 14.4. The number of rotatable bonds is 7. The zero-order chi connectivity index (χ0) is 21.8. The average Bonchev–Trinajstić information content (AvgIpc) is 2.88. The Bertz CT molecular complexity index is 684. The lowest BCUT2D eigenvalue weighted by Gasteiger charge is -2.36. The van der Waals surface area contributed by atoms with Gasteiger partial charge >= 0.3 is 12.1 Å². The maximum Gasteiger partial charge on any atom is 0.425 e. The van der Waals surface area contributed by atoms with Gasteiger partial charge in [-0.05, 0) is 33.1 Å². The van der Waals surface area contributed by atoms with Crippen LogP contribution in [0.5, 0.6) is 0 Å². The fourth-order valence-electron chi connectivity index (χ4n) is 4.17. The average molecular weight is 418 g/mol. The minimum Gasteiger partial charge on any atom is -0.462 e. The third-order valence-electron chi connectivity index (χ3n) is 5.57. The van der Waals surface area contributed by atoms with Crippen molar-refractivity contribution in [3.63, 3.8) is 0 Å². The van der Waals surface area contributed by atoms with E-state index in [1.54, 1.807) is 6.92 Å². The molecule has 1 aliphatic heterocycles. The Morgan fingerprint density at radius 3 is 2.34 bits per heavy atom. The molecule has 2 rings (SSSR count). The van der Waals surface area contributed by atoms with Crippen LogP contribution in [-0.4, -0.2) is 47.0 Å². The molecule has 1 fully saturated rings. The van der Waals surface area contributed by atoms with E-state index in [-0.39, 0.29) is 18.7 Å². The number of nitrogens with zero attached hydrogens (tertiary/aromatic N) is 1. The number of ether oxygens (including phenoxy) is 1. The van der Waals surface area contributed by atoms with Crippen LogP contribution in [0.15, 0.2) is 11.3 Å². The molecule has 164 valence electrons. The van der Waals surface area contributed by atoms with Crippen LogP contribution in [0.3, 0.4) is 0 Å². The molecule has 1 atom stereocenters. The summed E-state index contributed by atoms with van der Waals surface area (Å²) < 4.78 is 48.1. The van der Waals surface area contributed by atoms with Gasteiger partial charge in [-0.2, -0.15) is 13.2 Å². The van der Waals surface area contributed by atoms with E-state index in [0.29, 0.717) is 25.7 Å². The summed E-state index contributed by atoms with van der Waals surface area (Å²) in [5.74, 6) is -3.47. The van der Waals surface area contributed by atoms with E-state index in [2.05, 4.69) is 0 Å². The van der Waals surface area contributed by atoms with Gasteiger partial charge in [-0.15, -0.1) is 0 Å². The van der Waals surface area contributed by atoms with E-state index in [4.69, 9.17) is 4.74 Å². The molecule has 6 nitrogen and oxygen atoms in total. The highest BCUT2D eigenvalue weighted by molar-refractivity contribution is 6.10. The summed E-state index contributed by atoms with van der Waals surface area (Å²) in [5, 5.41) is 1.89. The van der Waals surface area contributed by atoms with Crippen LogP contribution >= 0.6 is 0 Å². The molecular formula is C20H29F3N2O4. The molecule has 0 bridgehead atoms. The number of hydrogen-bond donors (Lipinski definition) is 1. The summed E-state index contributed by atoms with van der Waals surface area (Å²) in [6.45, 7) is 4.44. The lowest BCUT2D eigenvalue weighted by molar-refractivity contribution is -0.197. The number of hydrogen-bond acceptors (Lipinski definition) is 4. The molecule has 1 unspecified atom stereocenters. The molecule has 0 aromatic rings. The Balaban J connectivity index is 2.59. The second kappa shape index (κ2) is 9.17. The minimum atomic E-state index is -5.20. The first kappa shape index (κ1) is 23.2. The molecule has 1 heterocycles. The number of carbonyl (C=O) groups excluding carboxylic acids is 3. The van der Waals surface area contributed by atoms with Gasteiger partial charge in [0.05, 0.1) is 6.61 Å². The van der Waals surface area contributed by atoms with Crippen molar-refractivity contribution in [3.05, 3.63) is 11.3 Å². The highest BCUT2D eigenvalue weighted by Gasteiger charge is 2.71. The van der Waals surface area contributed by atoms with Crippen LogP contribution in [0.1, 0.15) is 72.1 Å². The molecule has 2 aliphatic rings. The first-order valence-electron chi connectivity index (χ1n) is 10.2. The van der Waals surface area contributed by atoms with Gasteiger partial charge in [0.15, 0.2) is 0 Å². The first-order valence-corrected chi connectivity index (χ1v) is 10.2. The molecule has 2 amide bonds. The van der Waals surface area contributed by atoms with Gasteiger partial charge in [-0.3, -0.25) is 9.59 Å². The Morgan fingerprint density at radius 1 is 1.21 bits per heavy atom. The van der Waals surface area contributed by atoms with Gasteiger partial charge in [0.1, 0.15) is 5.57 Å². The lowest BCUT2D eigenvalue weighted by atomic mass is 9.88. The summed E-state index contributed by atoms with van der Waals surface area (Å²) in [6.07, 6.45) is -0.750. The van der Waals surface area contributed by atoms with E-state index in [9.17, 15) is 27.6 Å². The number of allylic oxidation sites excluding steroid dienone is 1. The monoisotopic (exact) mass is 418 g/mol. The zero-order valence-electron chi connectivity index (χ0n) is 17.2. The van der Waals surface area contributed by atoms with E-state index in [0.717, 1.165) is 24.2 Å². The zero-order valence-corrected chi connectivity index (χ0v) is 17.2. The third-order valence-corrected chi connectivity index (χ3v) is 5.57. The van der Waals surface area contributed by atoms with Crippen molar-refractivity contribution in [1.82, 2.24) is 10.2 Å². The van der Waals surface area contributed by atoms with Gasteiger partial charge in [0.2, 0.25) is 11.4 Å². The van der Waals surface area contributed by atoms with Crippen molar-refractivity contribution in [2.75, 3.05) is 6.61 Å². The van der Waals surface area contributed by atoms with Crippen LogP contribution in [0, 0.1) is 0 Å². The molecular weight excluding hydrogens is 389 g/mol. The van der Waals surface area contributed by atoms with Crippen molar-refractivity contribution < 1.29 is 32.3 Å². The number of carbonyl (C=O) groups is 3. The number of halogens is 3. The maximum absolute atomic E-state index is 14.4. The highest BCUT2D eigenvalue weighted by atomic mass is 19.4. The SMILES string of the molecule is CCCCC(=O)NC1(C(F)(F)F)C(=O)N(C2CCCCC2)C(C)=C1C(=O)OCC. The minimum absolute atomic E-state index is 0.0894. The van der Waals surface area contributed by atoms with Gasteiger partial charge < -0.3 is 15.0 Å². The van der Waals surface area contributed by atoms with Crippen molar-refractivity contribution in [2.24, 2.45) is 0 Å². The summed E-state index contributed by atoms with van der Waals surface area (Å²) in [4.78, 5) is 39.2. The van der Waals surface area contributed by atoms with E-state index < -0.39 is 41.1 Å². The number of esters is 1. The summed E-state index contributed by atoms with van der Waals surface area (Å²) in [6, 6.07) is -0.433. The van der Waals surface area contributed by atoms with Crippen LogP contribution in [0.2, 0.25) is 0 Å². The lowest BCUT2D eigenvalue weighted by Crippen LogP contribution is -2.66. The number of nitrogens with one attached hydrogen (secondary N) is 1. The van der Waals surface area contributed by atoms with Gasteiger partial charge in [0, 0.05) is 18.2 Å². The van der Waals surface area contributed by atoms with Gasteiger partial charge in [-0.25, -0.2) is 4.79 Å². The van der Waals surface area contributed by atoms with Crippen molar-refractivity contribution in [2.45, 2.75) is 89.9 Å². The smallest absolute Gasteiger partial charge is 0.425 e. The third kappa shape index (κ3) is 4.28. The molecule has 0 saturated heterocycles. The Kier molecular flexibility index (Phi) is 7.35. The molecule has 1 aliphatic carbocycles. The Labute approximate surface area is 168 Å². The van der Waals surface area contributed by atoms with Crippen LogP contribution < -0.4 is 5.32 Å². The molecule has 0 radical (unpaired) electrons. The number of alkyl halides is 3. The quantitative estimate of drug-likeness (QED) is 0.641. The first-order chi connectivity index (χ1) is 13.6. The summed E-state index contributed by atoms with van der Waals surface area (Å²) in [5.41, 5.74) is -4.33. The van der Waals surface area contributed by atoms with Gasteiger partial charge in [-0.1, -0.05) is 32.6 Å². The molecule has 1 saturated carbocycles. The van der Waals surface area contributed by atoms with E-state index >= 15 is 0 Å². The molecule has 29 heavy (non-hydrogen) atoms. The van der Waals surface area contributed by atoms with Crippen molar-refractivity contribution in [1.29, 1.82) is 0 Å². The topological polar surface area (TPSA) is 75.7 Å². The Hall–Kier alpha value is -2.06. The Morgan fingerprint density at radius 2 is 1.83 bits per heavy atom. The van der Waals surface area contributed by atoms with E-state index in [1.807, 2.05) is 5.32 Å².